The van der Waals surface area contributed by atoms with Gasteiger partial charge in [-0.25, -0.2) is 4.79 Å². The Bertz CT molecular complexity index is 781. The fourth-order valence-corrected chi connectivity index (χ4v) is 2.94. The van der Waals surface area contributed by atoms with Crippen LogP contribution in [0, 0.1) is 13.8 Å². The van der Waals surface area contributed by atoms with E-state index < -0.39 is 12.0 Å². The normalized spacial score (nSPS) is 12.5. The molecule has 2 rings (SSSR count). The van der Waals surface area contributed by atoms with Crippen molar-refractivity contribution >= 4 is 11.9 Å². The molecule has 4 heteroatoms. The zero-order valence-corrected chi connectivity index (χ0v) is 16.1. The number of benzene rings is 2. The van der Waals surface area contributed by atoms with E-state index in [-0.39, 0.29) is 17.7 Å². The van der Waals surface area contributed by atoms with Crippen LogP contribution in [0.2, 0.25) is 0 Å². The van der Waals surface area contributed by atoms with E-state index in [0.29, 0.717) is 5.56 Å². The van der Waals surface area contributed by atoms with Gasteiger partial charge in [0.1, 0.15) is 6.04 Å². The number of carbonyl (C=O) groups excluding carboxylic acids is 1. The van der Waals surface area contributed by atoms with Gasteiger partial charge < -0.3 is 10.4 Å². The number of aliphatic carboxylic acids is 1. The van der Waals surface area contributed by atoms with Gasteiger partial charge in [0.05, 0.1) is 0 Å². The van der Waals surface area contributed by atoms with Crippen molar-refractivity contribution in [3.8, 4) is 0 Å². The fourth-order valence-electron chi connectivity index (χ4n) is 2.94. The highest BCUT2D eigenvalue weighted by atomic mass is 16.4. The molecule has 0 radical (unpaired) electrons. The summed E-state index contributed by atoms with van der Waals surface area (Å²) in [7, 11) is 0. The number of hydrogen-bond donors (Lipinski definition) is 2. The molecule has 2 N–H and O–H groups in total. The molecular weight excluding hydrogens is 326 g/mol. The molecule has 4 nitrogen and oxygen atoms in total. The van der Waals surface area contributed by atoms with Crippen LogP contribution in [0.5, 0.6) is 0 Å². The van der Waals surface area contributed by atoms with E-state index in [1.54, 1.807) is 12.1 Å². The first-order valence-corrected chi connectivity index (χ1v) is 8.79. The van der Waals surface area contributed by atoms with Gasteiger partial charge in [0.25, 0.3) is 5.91 Å². The summed E-state index contributed by atoms with van der Waals surface area (Å²) in [5, 5.41) is 12.2. The van der Waals surface area contributed by atoms with Crippen molar-refractivity contribution in [3.05, 3.63) is 70.3 Å². The number of hydrogen-bond acceptors (Lipinski definition) is 2. The summed E-state index contributed by atoms with van der Waals surface area (Å²) in [5.74, 6) is -1.41. The van der Waals surface area contributed by atoms with Crippen LogP contribution in [0.4, 0.5) is 0 Å². The molecule has 0 aliphatic rings. The molecule has 0 saturated carbocycles. The zero-order chi connectivity index (χ0) is 19.5. The molecule has 0 heterocycles. The summed E-state index contributed by atoms with van der Waals surface area (Å²) < 4.78 is 0. The van der Waals surface area contributed by atoms with E-state index in [2.05, 4.69) is 26.1 Å². The molecule has 0 saturated heterocycles. The molecule has 0 spiro atoms. The highest BCUT2D eigenvalue weighted by Crippen LogP contribution is 2.22. The minimum atomic E-state index is -1.03. The third kappa shape index (κ3) is 4.72. The van der Waals surface area contributed by atoms with Crippen LogP contribution < -0.4 is 5.32 Å². The van der Waals surface area contributed by atoms with Gasteiger partial charge in [-0.15, -0.1) is 0 Å². The summed E-state index contributed by atoms with van der Waals surface area (Å²) >= 11 is 0. The quantitative estimate of drug-likeness (QED) is 0.853. The highest BCUT2D eigenvalue weighted by molar-refractivity contribution is 5.96. The lowest BCUT2D eigenvalue weighted by molar-refractivity contribution is -0.139. The average Bonchev–Trinajstić information content (AvgIpc) is 2.56. The first kappa shape index (κ1) is 19.7. The number of carboxylic acid groups (broad SMARTS) is 1. The molecule has 1 amide bonds. The van der Waals surface area contributed by atoms with Gasteiger partial charge in [0.15, 0.2) is 0 Å². The van der Waals surface area contributed by atoms with Gasteiger partial charge in [0.2, 0.25) is 0 Å². The summed E-state index contributed by atoms with van der Waals surface area (Å²) in [4.78, 5) is 24.2. The topological polar surface area (TPSA) is 66.4 Å². The Morgan fingerprint density at radius 1 is 1.00 bits per heavy atom. The smallest absolute Gasteiger partial charge is 0.326 e. The molecule has 0 aromatic heterocycles. The van der Waals surface area contributed by atoms with Crippen molar-refractivity contribution in [2.45, 2.75) is 52.5 Å². The van der Waals surface area contributed by atoms with Gasteiger partial charge in [-0.05, 0) is 53.6 Å². The maximum Gasteiger partial charge on any atom is 0.326 e. The first-order chi connectivity index (χ1) is 12.1. The van der Waals surface area contributed by atoms with E-state index in [1.807, 2.05) is 44.2 Å². The number of carboxylic acids is 1. The molecule has 138 valence electrons. The van der Waals surface area contributed by atoms with Gasteiger partial charge in [-0.1, -0.05) is 51.1 Å². The summed E-state index contributed by atoms with van der Waals surface area (Å²) in [6.07, 6.45) is 0.264. The van der Waals surface area contributed by atoms with Crippen molar-refractivity contribution in [3.63, 3.8) is 0 Å². The van der Waals surface area contributed by atoms with Gasteiger partial charge in [-0.2, -0.15) is 0 Å². The summed E-state index contributed by atoms with van der Waals surface area (Å²) in [5.41, 5.74) is 4.61. The SMILES string of the molecule is Cc1cccc(C)c1C[C@@H](NC(=O)c1ccc(C(C)(C)C)cc1)C(=O)O. The average molecular weight is 353 g/mol. The van der Waals surface area contributed by atoms with Crippen LogP contribution in [0.15, 0.2) is 42.5 Å². The first-order valence-electron chi connectivity index (χ1n) is 8.79. The Hall–Kier alpha value is -2.62. The Balaban J connectivity index is 2.17. The number of aryl methyl sites for hydroxylation is 2. The summed E-state index contributed by atoms with van der Waals surface area (Å²) in [6.45, 7) is 10.2. The van der Waals surface area contributed by atoms with E-state index in [1.165, 1.54) is 0 Å². The Morgan fingerprint density at radius 2 is 1.54 bits per heavy atom. The fraction of sp³-hybridized carbons (Fsp3) is 0.364. The molecule has 2 aromatic carbocycles. The van der Waals surface area contributed by atoms with Crippen LogP contribution in [-0.2, 0) is 16.6 Å². The second-order valence-corrected chi connectivity index (χ2v) is 7.77. The lowest BCUT2D eigenvalue weighted by atomic mass is 9.86. The van der Waals surface area contributed by atoms with E-state index in [9.17, 15) is 14.7 Å². The molecule has 0 unspecified atom stereocenters. The van der Waals surface area contributed by atoms with Crippen LogP contribution in [-0.4, -0.2) is 23.0 Å². The predicted molar refractivity (Wildman–Crippen MR) is 104 cm³/mol. The third-order valence-corrected chi connectivity index (χ3v) is 4.67. The molecule has 1 atom stereocenters. The second-order valence-electron chi connectivity index (χ2n) is 7.77. The van der Waals surface area contributed by atoms with Crippen LogP contribution in [0.3, 0.4) is 0 Å². The van der Waals surface area contributed by atoms with Crippen LogP contribution >= 0.6 is 0 Å². The van der Waals surface area contributed by atoms with Crippen molar-refractivity contribution < 1.29 is 14.7 Å². The molecule has 0 aliphatic heterocycles. The maximum absolute atomic E-state index is 12.5. The molecule has 2 aromatic rings. The maximum atomic E-state index is 12.5. The van der Waals surface area contributed by atoms with Gasteiger partial charge in [0, 0.05) is 12.0 Å². The van der Waals surface area contributed by atoms with E-state index >= 15 is 0 Å². The van der Waals surface area contributed by atoms with Crippen LogP contribution in [0.25, 0.3) is 0 Å². The van der Waals surface area contributed by atoms with Crippen molar-refractivity contribution in [2.75, 3.05) is 0 Å². The monoisotopic (exact) mass is 353 g/mol. The van der Waals surface area contributed by atoms with Crippen molar-refractivity contribution in [1.29, 1.82) is 0 Å². The predicted octanol–water partition coefficient (Wildman–Crippen LogP) is 4.03. The Kier molecular flexibility index (Phi) is 5.86. The van der Waals surface area contributed by atoms with Gasteiger partial charge >= 0.3 is 5.97 Å². The largest absolute Gasteiger partial charge is 0.480 e. The van der Waals surface area contributed by atoms with Crippen molar-refractivity contribution in [1.82, 2.24) is 5.32 Å². The summed E-state index contributed by atoms with van der Waals surface area (Å²) in [6, 6.07) is 12.2. The number of rotatable bonds is 5. The number of amides is 1. The standard InChI is InChI=1S/C22H27NO3/c1-14-7-6-8-15(2)18(14)13-19(21(25)26)23-20(24)16-9-11-17(12-10-16)22(3,4)5/h6-12,19H,13H2,1-5H3,(H,23,24)(H,25,26)/t19-/m1/s1. The minimum absolute atomic E-state index is 0.000961. The number of carbonyl (C=O) groups is 2. The highest BCUT2D eigenvalue weighted by Gasteiger charge is 2.23. The minimum Gasteiger partial charge on any atom is -0.480 e. The lowest BCUT2D eigenvalue weighted by Crippen LogP contribution is -2.42. The molecule has 0 aliphatic carbocycles. The van der Waals surface area contributed by atoms with E-state index in [4.69, 9.17) is 0 Å². The number of nitrogens with one attached hydrogen (secondary N) is 1. The Morgan fingerprint density at radius 3 is 2.00 bits per heavy atom. The molecule has 0 bridgehead atoms. The molecule has 26 heavy (non-hydrogen) atoms. The van der Waals surface area contributed by atoms with Crippen LogP contribution in [0.1, 0.15) is 53.4 Å². The third-order valence-electron chi connectivity index (χ3n) is 4.67. The van der Waals surface area contributed by atoms with E-state index in [0.717, 1.165) is 22.3 Å². The lowest BCUT2D eigenvalue weighted by Gasteiger charge is -2.20. The zero-order valence-electron chi connectivity index (χ0n) is 16.1. The van der Waals surface area contributed by atoms with Gasteiger partial charge in [-0.3, -0.25) is 4.79 Å². The second kappa shape index (κ2) is 7.73. The molecular formula is C22H27NO3. The van der Waals surface area contributed by atoms with Crippen molar-refractivity contribution in [2.24, 2.45) is 0 Å². The molecule has 0 fully saturated rings. The Labute approximate surface area is 155 Å².